The van der Waals surface area contributed by atoms with Crippen LogP contribution in [-0.4, -0.2) is 29.2 Å². The Labute approximate surface area is 111 Å². The van der Waals surface area contributed by atoms with E-state index in [4.69, 9.17) is 0 Å². The summed E-state index contributed by atoms with van der Waals surface area (Å²) in [6.45, 7) is 6.14. The monoisotopic (exact) mass is 268 g/mol. The summed E-state index contributed by atoms with van der Waals surface area (Å²) in [6.07, 6.45) is 2.73. The Morgan fingerprint density at radius 1 is 1.44 bits per heavy atom. The van der Waals surface area contributed by atoms with E-state index >= 15 is 0 Å². The molecule has 0 saturated carbocycles. The van der Waals surface area contributed by atoms with Crippen LogP contribution < -0.4 is 10.6 Å². The van der Waals surface area contributed by atoms with Crippen LogP contribution in [0.2, 0.25) is 0 Å². The lowest BCUT2D eigenvalue weighted by Crippen LogP contribution is -2.34. The van der Waals surface area contributed by atoms with Gasteiger partial charge in [0.05, 0.1) is 0 Å². The number of hydrogen-bond acceptors (Lipinski definition) is 5. The van der Waals surface area contributed by atoms with E-state index in [2.05, 4.69) is 34.7 Å². The van der Waals surface area contributed by atoms with Gasteiger partial charge >= 0.3 is 0 Å². The number of carbonyl (C=O) groups is 1. The van der Waals surface area contributed by atoms with Gasteiger partial charge < -0.3 is 10.6 Å². The van der Waals surface area contributed by atoms with Gasteiger partial charge in [0, 0.05) is 12.3 Å². The van der Waals surface area contributed by atoms with Crippen molar-refractivity contribution < 1.29 is 4.79 Å². The number of carbonyl (C=O) groups excluding carboxylic acids is 1. The van der Waals surface area contributed by atoms with Crippen molar-refractivity contribution in [1.29, 1.82) is 0 Å². The number of aromatic nitrogens is 2. The Hall–Kier alpha value is -1.01. The molecule has 2 rings (SSSR count). The molecule has 1 aromatic heterocycles. The number of nitrogens with one attached hydrogen (secondary N) is 2. The number of amides is 1. The molecule has 2 N–H and O–H groups in total. The fraction of sp³-hybridized carbons (Fsp3) is 0.750. The number of rotatable bonds is 4. The summed E-state index contributed by atoms with van der Waals surface area (Å²) < 4.78 is 0. The third kappa shape index (κ3) is 3.74. The van der Waals surface area contributed by atoms with E-state index in [0.717, 1.165) is 37.4 Å². The Bertz CT molecular complexity index is 399. The average molecular weight is 268 g/mol. The van der Waals surface area contributed by atoms with E-state index in [-0.39, 0.29) is 11.8 Å². The predicted octanol–water partition coefficient (Wildman–Crippen LogP) is 1.67. The third-order valence-electron chi connectivity index (χ3n) is 2.99. The fourth-order valence-electron chi connectivity index (χ4n) is 2.03. The fourth-order valence-corrected chi connectivity index (χ4v) is 2.98. The van der Waals surface area contributed by atoms with Gasteiger partial charge in [0.25, 0.3) is 0 Å². The summed E-state index contributed by atoms with van der Waals surface area (Å²) in [5, 5.41) is 15.9. The van der Waals surface area contributed by atoms with Crippen molar-refractivity contribution in [2.75, 3.05) is 18.4 Å². The molecule has 6 heteroatoms. The summed E-state index contributed by atoms with van der Waals surface area (Å²) in [6, 6.07) is 0. The van der Waals surface area contributed by atoms with Gasteiger partial charge in [0.15, 0.2) is 0 Å². The maximum Gasteiger partial charge on any atom is 0.229 e. The molecule has 0 atom stereocenters. The Morgan fingerprint density at radius 2 is 2.17 bits per heavy atom. The molecule has 18 heavy (non-hydrogen) atoms. The number of anilines is 1. The van der Waals surface area contributed by atoms with Crippen molar-refractivity contribution in [3.05, 3.63) is 5.01 Å². The molecule has 0 aliphatic carbocycles. The maximum absolute atomic E-state index is 12.0. The molecule has 1 aromatic rings. The molecule has 1 aliphatic rings. The standard InChI is InChI=1S/C12H20N4OS/c1-8(2)7-10-15-16-12(18-10)14-11(17)9-3-5-13-6-4-9/h8-9,13H,3-7H2,1-2H3,(H,14,16,17). The second kappa shape index (κ2) is 6.24. The van der Waals surface area contributed by atoms with E-state index in [0.29, 0.717) is 11.0 Å². The van der Waals surface area contributed by atoms with E-state index in [1.54, 1.807) is 0 Å². The van der Waals surface area contributed by atoms with Gasteiger partial charge in [-0.2, -0.15) is 0 Å². The van der Waals surface area contributed by atoms with Gasteiger partial charge in [-0.1, -0.05) is 25.2 Å². The lowest BCUT2D eigenvalue weighted by molar-refractivity contribution is -0.120. The first kappa shape index (κ1) is 13.4. The highest BCUT2D eigenvalue weighted by molar-refractivity contribution is 7.15. The molecule has 2 heterocycles. The van der Waals surface area contributed by atoms with Crippen molar-refractivity contribution in [1.82, 2.24) is 15.5 Å². The minimum atomic E-state index is 0.0868. The van der Waals surface area contributed by atoms with Crippen molar-refractivity contribution >= 4 is 22.4 Å². The molecule has 1 fully saturated rings. The van der Waals surface area contributed by atoms with Crippen molar-refractivity contribution in [2.45, 2.75) is 33.1 Å². The topological polar surface area (TPSA) is 66.9 Å². The zero-order chi connectivity index (χ0) is 13.0. The predicted molar refractivity (Wildman–Crippen MR) is 72.7 cm³/mol. The summed E-state index contributed by atoms with van der Waals surface area (Å²) in [7, 11) is 0. The van der Waals surface area contributed by atoms with Crippen LogP contribution in [0, 0.1) is 11.8 Å². The van der Waals surface area contributed by atoms with Crippen LogP contribution in [0.4, 0.5) is 5.13 Å². The Kier molecular flexibility index (Phi) is 4.66. The van der Waals surface area contributed by atoms with Crippen LogP contribution in [0.25, 0.3) is 0 Å². The lowest BCUT2D eigenvalue weighted by Gasteiger charge is -2.20. The third-order valence-corrected chi connectivity index (χ3v) is 3.85. The van der Waals surface area contributed by atoms with Gasteiger partial charge in [-0.05, 0) is 31.8 Å². The van der Waals surface area contributed by atoms with E-state index in [1.807, 2.05) is 0 Å². The van der Waals surface area contributed by atoms with Crippen molar-refractivity contribution in [3.8, 4) is 0 Å². The second-order valence-electron chi connectivity index (χ2n) is 5.11. The first-order valence-electron chi connectivity index (χ1n) is 6.49. The van der Waals surface area contributed by atoms with Crippen LogP contribution in [0.1, 0.15) is 31.7 Å². The van der Waals surface area contributed by atoms with E-state index < -0.39 is 0 Å². The van der Waals surface area contributed by atoms with Crippen molar-refractivity contribution in [2.24, 2.45) is 11.8 Å². The molecule has 5 nitrogen and oxygen atoms in total. The van der Waals surface area contributed by atoms with Crippen LogP contribution in [0.3, 0.4) is 0 Å². The largest absolute Gasteiger partial charge is 0.317 e. The average Bonchev–Trinajstić information content (AvgIpc) is 2.76. The lowest BCUT2D eigenvalue weighted by atomic mass is 9.97. The van der Waals surface area contributed by atoms with Gasteiger partial charge in [-0.15, -0.1) is 10.2 Å². The Morgan fingerprint density at radius 3 is 2.83 bits per heavy atom. The Balaban J connectivity index is 1.88. The number of hydrogen-bond donors (Lipinski definition) is 2. The molecule has 0 aromatic carbocycles. The SMILES string of the molecule is CC(C)Cc1nnc(NC(=O)C2CCNCC2)s1. The summed E-state index contributed by atoms with van der Waals surface area (Å²) >= 11 is 1.48. The van der Waals surface area contributed by atoms with Gasteiger partial charge in [0.1, 0.15) is 5.01 Å². The molecule has 0 radical (unpaired) electrons. The number of piperidine rings is 1. The second-order valence-corrected chi connectivity index (χ2v) is 6.17. The van der Waals surface area contributed by atoms with Gasteiger partial charge in [0.2, 0.25) is 11.0 Å². The molecular weight excluding hydrogens is 248 g/mol. The molecule has 1 saturated heterocycles. The molecule has 0 bridgehead atoms. The molecule has 1 aliphatic heterocycles. The molecule has 1 amide bonds. The summed E-state index contributed by atoms with van der Waals surface area (Å²) in [4.78, 5) is 12.0. The normalized spacial score (nSPS) is 17.1. The quantitative estimate of drug-likeness (QED) is 0.872. The van der Waals surface area contributed by atoms with Gasteiger partial charge in [-0.25, -0.2) is 0 Å². The molecule has 0 spiro atoms. The van der Waals surface area contributed by atoms with Crippen LogP contribution in [-0.2, 0) is 11.2 Å². The minimum Gasteiger partial charge on any atom is -0.317 e. The van der Waals surface area contributed by atoms with Crippen LogP contribution in [0.5, 0.6) is 0 Å². The van der Waals surface area contributed by atoms with Crippen LogP contribution in [0.15, 0.2) is 0 Å². The molecule has 100 valence electrons. The highest BCUT2D eigenvalue weighted by Gasteiger charge is 2.21. The van der Waals surface area contributed by atoms with Crippen LogP contribution >= 0.6 is 11.3 Å². The van der Waals surface area contributed by atoms with Crippen molar-refractivity contribution in [3.63, 3.8) is 0 Å². The van der Waals surface area contributed by atoms with E-state index in [1.165, 1.54) is 11.3 Å². The first-order valence-corrected chi connectivity index (χ1v) is 7.30. The first-order chi connectivity index (χ1) is 8.65. The summed E-state index contributed by atoms with van der Waals surface area (Å²) in [5.41, 5.74) is 0. The molecule has 0 unspecified atom stereocenters. The summed E-state index contributed by atoms with van der Waals surface area (Å²) in [5.74, 6) is 0.762. The minimum absolute atomic E-state index is 0.0868. The zero-order valence-electron chi connectivity index (χ0n) is 10.9. The highest BCUT2D eigenvalue weighted by atomic mass is 32.1. The highest BCUT2D eigenvalue weighted by Crippen LogP contribution is 2.20. The molecular formula is C12H20N4OS. The maximum atomic E-state index is 12.0. The van der Waals surface area contributed by atoms with E-state index in [9.17, 15) is 4.79 Å². The number of nitrogens with zero attached hydrogens (tertiary/aromatic N) is 2. The smallest absolute Gasteiger partial charge is 0.229 e. The zero-order valence-corrected chi connectivity index (χ0v) is 11.7. The van der Waals surface area contributed by atoms with Gasteiger partial charge in [-0.3, -0.25) is 4.79 Å².